The number of aliphatic hydroxyl groups is 3. The van der Waals surface area contributed by atoms with Gasteiger partial charge in [-0.2, -0.15) is 0 Å². The van der Waals surface area contributed by atoms with Gasteiger partial charge in [0, 0.05) is 18.8 Å². The third kappa shape index (κ3) is 137. The number of carboxylic acid groups (broad SMARTS) is 2. The molecule has 5 N–H and O–H groups in total. The van der Waals surface area contributed by atoms with Crippen LogP contribution < -0.4 is 0 Å². The molecule has 0 bridgehead atoms. The highest BCUT2D eigenvalue weighted by atomic mass is 16.4. The number of hydrogen-bond acceptors (Lipinski definition) is 5. The fourth-order valence-electron chi connectivity index (χ4n) is 0. The van der Waals surface area contributed by atoms with Crippen molar-refractivity contribution in [2.75, 3.05) is 19.8 Å². The molecule has 0 radical (unpaired) electrons. The van der Waals surface area contributed by atoms with Gasteiger partial charge in [-0.1, -0.05) is 20.1 Å². The second kappa shape index (κ2) is 29.5. The summed E-state index contributed by atoms with van der Waals surface area (Å²) in [6.45, 7) is 7.92. The monoisotopic (exact) mass is 266 g/mol. The molecule has 0 aliphatic heterocycles. The maximum absolute atomic E-state index is 9.25. The summed E-state index contributed by atoms with van der Waals surface area (Å²) in [5.74, 6) is -1.96. The maximum atomic E-state index is 9.25. The van der Waals surface area contributed by atoms with Crippen molar-refractivity contribution in [3.05, 3.63) is 25.3 Å². The third-order valence-electron chi connectivity index (χ3n) is 0.673. The van der Waals surface area contributed by atoms with E-state index in [9.17, 15) is 9.59 Å². The fourth-order valence-corrected chi connectivity index (χ4v) is 0. The zero-order valence-electron chi connectivity index (χ0n) is 10.4. The maximum Gasteiger partial charge on any atom is 0.327 e. The van der Waals surface area contributed by atoms with Crippen molar-refractivity contribution in [2.45, 2.75) is 13.3 Å². The summed E-state index contributed by atoms with van der Waals surface area (Å²) in [7, 11) is 0. The molecule has 0 aromatic carbocycles. The summed E-state index contributed by atoms with van der Waals surface area (Å²) in [6, 6.07) is 0. The molecule has 0 atom stereocenters. The molecule has 0 heterocycles. The number of aliphatic carboxylic acids is 2. The Morgan fingerprint density at radius 1 is 0.889 bits per heavy atom. The van der Waals surface area contributed by atoms with Crippen molar-refractivity contribution in [3.8, 4) is 0 Å². The van der Waals surface area contributed by atoms with Gasteiger partial charge in [-0.15, -0.1) is 0 Å². The average Bonchev–Trinajstić information content (AvgIpc) is 2.39. The average molecular weight is 266 g/mol. The van der Waals surface area contributed by atoms with E-state index >= 15 is 0 Å². The van der Waals surface area contributed by atoms with Crippen molar-refractivity contribution in [3.63, 3.8) is 0 Å². The van der Waals surface area contributed by atoms with Gasteiger partial charge in [-0.25, -0.2) is 9.59 Å². The Morgan fingerprint density at radius 3 is 1.06 bits per heavy atom. The van der Waals surface area contributed by atoms with Crippen LogP contribution in [0.5, 0.6) is 0 Å². The van der Waals surface area contributed by atoms with Gasteiger partial charge in [-0.05, 0) is 6.42 Å². The first kappa shape index (κ1) is 25.2. The van der Waals surface area contributed by atoms with Gasteiger partial charge in [0.15, 0.2) is 0 Å². The van der Waals surface area contributed by atoms with Crippen molar-refractivity contribution in [1.29, 1.82) is 0 Å². The summed E-state index contributed by atoms with van der Waals surface area (Å²) < 4.78 is 0. The van der Waals surface area contributed by atoms with Crippen LogP contribution in [0, 0.1) is 0 Å². The van der Waals surface area contributed by atoms with Crippen LogP contribution in [0.3, 0.4) is 0 Å². The zero-order valence-corrected chi connectivity index (χ0v) is 10.4. The van der Waals surface area contributed by atoms with E-state index in [1.165, 1.54) is 0 Å². The van der Waals surface area contributed by atoms with Crippen molar-refractivity contribution in [1.82, 2.24) is 0 Å². The van der Waals surface area contributed by atoms with Crippen LogP contribution in [0.4, 0.5) is 0 Å². The van der Waals surface area contributed by atoms with E-state index in [4.69, 9.17) is 25.5 Å². The number of carbonyl (C=O) groups is 2. The number of carboxylic acids is 2. The molecule has 108 valence electrons. The first-order valence-corrected chi connectivity index (χ1v) is 4.91. The lowest BCUT2D eigenvalue weighted by Crippen LogP contribution is -1.85. The minimum atomic E-state index is -0.981. The molecule has 0 saturated carbocycles. The second-order valence-electron chi connectivity index (χ2n) is 2.26. The van der Waals surface area contributed by atoms with Crippen LogP contribution in [0.2, 0.25) is 0 Å². The van der Waals surface area contributed by atoms with E-state index in [-0.39, 0.29) is 13.2 Å². The molecule has 18 heavy (non-hydrogen) atoms. The molecule has 7 nitrogen and oxygen atoms in total. The quantitative estimate of drug-likeness (QED) is 0.447. The highest BCUT2D eigenvalue weighted by molar-refractivity contribution is 5.79. The molecule has 0 aliphatic carbocycles. The predicted octanol–water partition coefficient (Wildman–Crippen LogP) is -0.126. The van der Waals surface area contributed by atoms with E-state index in [2.05, 4.69) is 13.2 Å². The van der Waals surface area contributed by atoms with Crippen LogP contribution >= 0.6 is 0 Å². The van der Waals surface area contributed by atoms with E-state index in [1.54, 1.807) is 0 Å². The molecule has 7 heteroatoms. The van der Waals surface area contributed by atoms with Gasteiger partial charge in [-0.3, -0.25) is 0 Å². The Hall–Kier alpha value is -1.70. The molecular weight excluding hydrogens is 244 g/mol. The lowest BCUT2D eigenvalue weighted by molar-refractivity contribution is -0.132. The lowest BCUT2D eigenvalue weighted by atomic mass is 10.5. The van der Waals surface area contributed by atoms with Crippen LogP contribution in [0.25, 0.3) is 0 Å². The van der Waals surface area contributed by atoms with Gasteiger partial charge in [0.1, 0.15) is 0 Å². The highest BCUT2D eigenvalue weighted by Gasteiger charge is 1.73. The molecular formula is C11H22O7. The molecule has 0 amide bonds. The van der Waals surface area contributed by atoms with Gasteiger partial charge in [0.05, 0.1) is 13.2 Å². The van der Waals surface area contributed by atoms with E-state index < -0.39 is 11.9 Å². The first-order chi connectivity index (χ1) is 8.37. The summed E-state index contributed by atoms with van der Waals surface area (Å²) in [6.07, 6.45) is 2.54. The number of aliphatic hydroxyl groups excluding tert-OH is 3. The highest BCUT2D eigenvalue weighted by Crippen LogP contribution is 1.61. The van der Waals surface area contributed by atoms with Crippen molar-refractivity contribution in [2.24, 2.45) is 0 Å². The van der Waals surface area contributed by atoms with Crippen molar-refractivity contribution < 1.29 is 35.1 Å². The van der Waals surface area contributed by atoms with E-state index in [0.29, 0.717) is 6.61 Å². The standard InChI is InChI=1S/2C3H4O2.C3H8O.C2H6O2/c2*1-2-3(4)5;1-2-3-4;3-1-2-4/h2*2H,1H2,(H,4,5);4H,2-3H2,1H3;3-4H,1-2H2. The molecule has 0 rings (SSSR count). The Kier molecular flexibility index (Phi) is 41.3. The van der Waals surface area contributed by atoms with E-state index in [0.717, 1.165) is 18.6 Å². The molecule has 0 saturated heterocycles. The number of hydrogen-bond donors (Lipinski definition) is 5. The fraction of sp³-hybridized carbons (Fsp3) is 0.455. The van der Waals surface area contributed by atoms with Gasteiger partial charge >= 0.3 is 11.9 Å². The topological polar surface area (TPSA) is 135 Å². The Balaban J connectivity index is -0.0000000731. The summed E-state index contributed by atoms with van der Waals surface area (Å²) in [5, 5.41) is 38.3. The Morgan fingerprint density at radius 2 is 1.06 bits per heavy atom. The van der Waals surface area contributed by atoms with E-state index in [1.807, 2.05) is 6.92 Å². The lowest BCUT2D eigenvalue weighted by Gasteiger charge is -1.70. The minimum Gasteiger partial charge on any atom is -0.478 e. The van der Waals surface area contributed by atoms with Gasteiger partial charge in [0.25, 0.3) is 0 Å². The van der Waals surface area contributed by atoms with Crippen molar-refractivity contribution >= 4 is 11.9 Å². The smallest absolute Gasteiger partial charge is 0.327 e. The first-order valence-electron chi connectivity index (χ1n) is 4.91. The van der Waals surface area contributed by atoms with Gasteiger partial charge < -0.3 is 25.5 Å². The Labute approximate surface area is 106 Å². The molecule has 0 aromatic rings. The Bertz CT molecular complexity index is 176. The molecule has 0 aliphatic rings. The number of rotatable bonds is 4. The largest absolute Gasteiger partial charge is 0.478 e. The van der Waals surface area contributed by atoms with Crippen LogP contribution in [0.1, 0.15) is 13.3 Å². The van der Waals surface area contributed by atoms with Crippen LogP contribution in [-0.4, -0.2) is 57.3 Å². The normalized spacial score (nSPS) is 6.89. The van der Waals surface area contributed by atoms with Gasteiger partial charge in [0.2, 0.25) is 0 Å². The summed E-state index contributed by atoms with van der Waals surface area (Å²) in [4.78, 5) is 18.5. The zero-order chi connectivity index (χ0) is 15.4. The predicted molar refractivity (Wildman–Crippen MR) is 67.2 cm³/mol. The molecule has 0 spiro atoms. The second-order valence-corrected chi connectivity index (χ2v) is 2.26. The summed E-state index contributed by atoms with van der Waals surface area (Å²) in [5.41, 5.74) is 0. The van der Waals surface area contributed by atoms with Crippen LogP contribution in [-0.2, 0) is 9.59 Å². The molecule has 0 fully saturated rings. The third-order valence-corrected chi connectivity index (χ3v) is 0.673. The SMILES string of the molecule is C=CC(=O)O.C=CC(=O)O.CCCO.OCCO. The molecule has 0 unspecified atom stereocenters. The van der Waals surface area contributed by atoms with Crippen LogP contribution in [0.15, 0.2) is 25.3 Å². The summed E-state index contributed by atoms with van der Waals surface area (Å²) >= 11 is 0. The minimum absolute atomic E-state index is 0.125. The molecule has 0 aromatic heterocycles.